The van der Waals surface area contributed by atoms with E-state index in [1.54, 1.807) is 6.08 Å². The second kappa shape index (κ2) is 9.66. The average Bonchev–Trinajstić information content (AvgIpc) is 2.64. The fourth-order valence-electron chi connectivity index (χ4n) is 4.74. The number of halogens is 3. The summed E-state index contributed by atoms with van der Waals surface area (Å²) in [5.74, 6) is 2.92. The van der Waals surface area contributed by atoms with Crippen molar-refractivity contribution < 1.29 is 17.9 Å². The summed E-state index contributed by atoms with van der Waals surface area (Å²) in [6, 6.07) is 0. The number of ether oxygens (including phenoxy) is 1. The quantitative estimate of drug-likeness (QED) is 0.346. The fourth-order valence-corrected chi connectivity index (χ4v) is 4.74. The Hall–Kier alpha value is -1.19. The van der Waals surface area contributed by atoms with Crippen molar-refractivity contribution in [2.45, 2.75) is 78.0 Å². The largest absolute Gasteiger partial charge is 0.573 e. The molecule has 2 aliphatic carbocycles. The molecule has 26 heavy (non-hydrogen) atoms. The Morgan fingerprint density at radius 2 is 1.50 bits per heavy atom. The van der Waals surface area contributed by atoms with Crippen LogP contribution in [0.2, 0.25) is 0 Å². The van der Waals surface area contributed by atoms with Crippen LogP contribution in [0.15, 0.2) is 36.1 Å². The Morgan fingerprint density at radius 1 is 0.962 bits per heavy atom. The highest BCUT2D eigenvalue weighted by molar-refractivity contribution is 5.21. The zero-order valence-electron chi connectivity index (χ0n) is 16.2. The lowest BCUT2D eigenvalue weighted by atomic mass is 9.68. The molecule has 0 unspecified atom stereocenters. The zero-order chi connectivity index (χ0) is 19.2. The van der Waals surface area contributed by atoms with Crippen LogP contribution in [0.5, 0.6) is 0 Å². The van der Waals surface area contributed by atoms with E-state index in [2.05, 4.69) is 18.2 Å². The highest BCUT2D eigenvalue weighted by Gasteiger charge is 2.32. The molecular weight excluding hydrogens is 337 g/mol. The monoisotopic (exact) mass is 370 g/mol. The predicted octanol–water partition coefficient (Wildman–Crippen LogP) is 7.56. The average molecular weight is 370 g/mol. The third kappa shape index (κ3) is 6.51. The van der Waals surface area contributed by atoms with Gasteiger partial charge >= 0.3 is 6.36 Å². The van der Waals surface area contributed by atoms with Gasteiger partial charge in [-0.1, -0.05) is 44.4 Å². The van der Waals surface area contributed by atoms with Crippen LogP contribution in [0, 0.1) is 23.7 Å². The van der Waals surface area contributed by atoms with Gasteiger partial charge < -0.3 is 4.74 Å². The molecule has 4 heteroatoms. The Bertz CT molecular complexity index is 502. The van der Waals surface area contributed by atoms with E-state index in [9.17, 15) is 13.2 Å². The third-order valence-corrected chi connectivity index (χ3v) is 6.50. The van der Waals surface area contributed by atoms with Gasteiger partial charge in [0.05, 0.1) is 0 Å². The third-order valence-electron chi connectivity index (χ3n) is 6.50. The van der Waals surface area contributed by atoms with Crippen LogP contribution in [-0.2, 0) is 4.74 Å². The normalized spacial score (nSPS) is 31.6. The predicted molar refractivity (Wildman–Crippen MR) is 100 cm³/mol. The standard InChI is InChI=1S/C22H33F3O/c1-4-17-7-9-19(10-8-17)20-13-11-18(12-14-20)16(3)6-15-21(5-2)26-22(23,24)25/h5-6,15,17-20H,2,4,7-14H2,1,3H3/b16-6+,21-15+. The maximum atomic E-state index is 12.3. The summed E-state index contributed by atoms with van der Waals surface area (Å²) < 4.78 is 40.9. The minimum atomic E-state index is -4.67. The summed E-state index contributed by atoms with van der Waals surface area (Å²) in [4.78, 5) is 0. The SMILES string of the molecule is C=C/C(=C\C=C(/C)C1CCC(C2CCC(CC)CC2)CC1)OC(F)(F)F. The number of hydrogen-bond donors (Lipinski definition) is 0. The number of rotatable bonds is 6. The van der Waals surface area contributed by atoms with Gasteiger partial charge in [-0.15, -0.1) is 13.2 Å². The van der Waals surface area contributed by atoms with E-state index in [0.29, 0.717) is 5.92 Å². The van der Waals surface area contributed by atoms with Crippen molar-refractivity contribution in [3.63, 3.8) is 0 Å². The van der Waals surface area contributed by atoms with E-state index < -0.39 is 6.36 Å². The van der Waals surface area contributed by atoms with Crippen LogP contribution in [-0.4, -0.2) is 6.36 Å². The molecule has 0 radical (unpaired) electrons. The molecule has 0 heterocycles. The first-order chi connectivity index (χ1) is 12.3. The maximum absolute atomic E-state index is 12.3. The van der Waals surface area contributed by atoms with E-state index in [1.807, 2.05) is 6.92 Å². The molecule has 0 aromatic heterocycles. The van der Waals surface area contributed by atoms with Crippen molar-refractivity contribution in [2.24, 2.45) is 23.7 Å². The van der Waals surface area contributed by atoms with Crippen molar-refractivity contribution in [3.05, 3.63) is 36.1 Å². The van der Waals surface area contributed by atoms with Crippen LogP contribution in [0.4, 0.5) is 13.2 Å². The van der Waals surface area contributed by atoms with E-state index in [-0.39, 0.29) is 5.76 Å². The lowest BCUT2D eigenvalue weighted by Crippen LogP contribution is -2.26. The van der Waals surface area contributed by atoms with Gasteiger partial charge in [-0.25, -0.2) is 0 Å². The Morgan fingerprint density at radius 3 is 1.96 bits per heavy atom. The highest BCUT2D eigenvalue weighted by Crippen LogP contribution is 2.43. The molecule has 0 amide bonds. The fraction of sp³-hybridized carbons (Fsp3) is 0.727. The summed E-state index contributed by atoms with van der Waals surface area (Å²) in [6.07, 6.45) is 11.3. The topological polar surface area (TPSA) is 9.23 Å². The summed E-state index contributed by atoms with van der Waals surface area (Å²) >= 11 is 0. The molecule has 0 N–H and O–H groups in total. The van der Waals surface area contributed by atoms with Crippen LogP contribution in [0.25, 0.3) is 0 Å². The van der Waals surface area contributed by atoms with E-state index in [4.69, 9.17) is 0 Å². The van der Waals surface area contributed by atoms with Crippen LogP contribution in [0.1, 0.15) is 71.6 Å². The maximum Gasteiger partial charge on any atom is 0.573 e. The molecule has 148 valence electrons. The lowest BCUT2D eigenvalue weighted by molar-refractivity contribution is -0.303. The van der Waals surface area contributed by atoms with Crippen molar-refractivity contribution in [1.82, 2.24) is 0 Å². The van der Waals surface area contributed by atoms with Gasteiger partial charge in [0.2, 0.25) is 0 Å². The van der Waals surface area contributed by atoms with Gasteiger partial charge in [-0.3, -0.25) is 0 Å². The van der Waals surface area contributed by atoms with Crippen molar-refractivity contribution in [3.8, 4) is 0 Å². The first-order valence-electron chi connectivity index (χ1n) is 10.1. The molecule has 1 nitrogen and oxygen atoms in total. The second-order valence-electron chi connectivity index (χ2n) is 8.03. The van der Waals surface area contributed by atoms with E-state index >= 15 is 0 Å². The van der Waals surface area contributed by atoms with E-state index in [1.165, 1.54) is 51.0 Å². The molecule has 2 fully saturated rings. The smallest absolute Gasteiger partial charge is 0.406 e. The molecule has 0 saturated heterocycles. The minimum Gasteiger partial charge on any atom is -0.406 e. The molecule has 2 saturated carbocycles. The summed E-state index contributed by atoms with van der Waals surface area (Å²) in [5, 5.41) is 0. The molecule has 0 aliphatic heterocycles. The molecular formula is C22H33F3O. The van der Waals surface area contributed by atoms with Crippen LogP contribution < -0.4 is 0 Å². The summed E-state index contributed by atoms with van der Waals surface area (Å²) in [6.45, 7) is 7.71. The molecule has 0 atom stereocenters. The minimum absolute atomic E-state index is 0.252. The van der Waals surface area contributed by atoms with Gasteiger partial charge in [0, 0.05) is 0 Å². The van der Waals surface area contributed by atoms with Gasteiger partial charge in [0.15, 0.2) is 0 Å². The molecule has 0 aromatic rings. The number of alkyl halides is 3. The Labute approximate surface area is 156 Å². The van der Waals surface area contributed by atoms with Crippen LogP contribution in [0.3, 0.4) is 0 Å². The van der Waals surface area contributed by atoms with Crippen molar-refractivity contribution in [2.75, 3.05) is 0 Å². The Balaban J connectivity index is 1.83. The van der Waals surface area contributed by atoms with Gasteiger partial charge in [0.1, 0.15) is 5.76 Å². The number of hydrogen-bond acceptors (Lipinski definition) is 1. The molecule has 2 aliphatic rings. The molecule has 2 rings (SSSR count). The lowest BCUT2D eigenvalue weighted by Gasteiger charge is -2.38. The van der Waals surface area contributed by atoms with Gasteiger partial charge in [-0.2, -0.15) is 0 Å². The summed E-state index contributed by atoms with van der Waals surface area (Å²) in [5.41, 5.74) is 1.14. The second-order valence-corrected chi connectivity index (χ2v) is 8.03. The van der Waals surface area contributed by atoms with Crippen molar-refractivity contribution in [1.29, 1.82) is 0 Å². The first kappa shape index (κ1) is 21.1. The van der Waals surface area contributed by atoms with Gasteiger partial charge in [-0.05, 0) is 81.3 Å². The van der Waals surface area contributed by atoms with E-state index in [0.717, 1.165) is 42.2 Å². The van der Waals surface area contributed by atoms with Crippen molar-refractivity contribution >= 4 is 0 Å². The molecule has 0 spiro atoms. The first-order valence-corrected chi connectivity index (χ1v) is 10.1. The Kier molecular flexibility index (Phi) is 7.85. The molecule has 0 aromatic carbocycles. The number of allylic oxidation sites excluding steroid dienone is 4. The zero-order valence-corrected chi connectivity index (χ0v) is 16.2. The van der Waals surface area contributed by atoms with Crippen LogP contribution >= 0.6 is 0 Å². The highest BCUT2D eigenvalue weighted by atomic mass is 19.4. The summed E-state index contributed by atoms with van der Waals surface area (Å²) in [7, 11) is 0. The van der Waals surface area contributed by atoms with Gasteiger partial charge in [0.25, 0.3) is 0 Å². The molecule has 0 bridgehead atoms.